The molecule has 0 unspecified atom stereocenters. The van der Waals surface area contributed by atoms with E-state index >= 15 is 0 Å². The van der Waals surface area contributed by atoms with Crippen molar-refractivity contribution in [3.05, 3.63) is 23.8 Å². The molecular formula is C14H23NO2. The molecule has 0 fully saturated rings. The first kappa shape index (κ1) is 13.8. The monoisotopic (exact) mass is 237 g/mol. The Labute approximate surface area is 104 Å². The molecule has 0 aromatic heterocycles. The lowest BCUT2D eigenvalue weighted by molar-refractivity contribution is 0.352. The Kier molecular flexibility index (Phi) is 4.82. The number of hydrogen-bond acceptors (Lipinski definition) is 3. The van der Waals surface area contributed by atoms with Crippen molar-refractivity contribution in [2.45, 2.75) is 39.3 Å². The van der Waals surface area contributed by atoms with Gasteiger partial charge in [-0.15, -0.1) is 0 Å². The van der Waals surface area contributed by atoms with Crippen LogP contribution in [0.15, 0.2) is 18.2 Å². The Morgan fingerprint density at radius 3 is 2.29 bits per heavy atom. The van der Waals surface area contributed by atoms with Crippen molar-refractivity contribution >= 4 is 0 Å². The summed E-state index contributed by atoms with van der Waals surface area (Å²) in [4.78, 5) is 0. The Morgan fingerprint density at radius 1 is 1.12 bits per heavy atom. The number of benzene rings is 1. The van der Waals surface area contributed by atoms with Crippen molar-refractivity contribution in [1.29, 1.82) is 0 Å². The molecule has 0 aliphatic heterocycles. The standard InChI is InChI=1S/C14H23NO2/c1-6-14(2,3)15-10-11-7-8-12(16-4)13(9-11)17-5/h7-9,15H,6,10H2,1-5H3. The summed E-state index contributed by atoms with van der Waals surface area (Å²) in [6, 6.07) is 6.01. The van der Waals surface area contributed by atoms with Crippen LogP contribution in [0.4, 0.5) is 0 Å². The number of rotatable bonds is 6. The fraction of sp³-hybridized carbons (Fsp3) is 0.571. The molecule has 1 rings (SSSR count). The highest BCUT2D eigenvalue weighted by Crippen LogP contribution is 2.27. The zero-order chi connectivity index (χ0) is 12.9. The van der Waals surface area contributed by atoms with Gasteiger partial charge in [0.2, 0.25) is 0 Å². The average Bonchev–Trinajstić information content (AvgIpc) is 2.36. The molecular weight excluding hydrogens is 214 g/mol. The topological polar surface area (TPSA) is 30.5 Å². The largest absolute Gasteiger partial charge is 0.493 e. The van der Waals surface area contributed by atoms with Gasteiger partial charge in [-0.1, -0.05) is 13.0 Å². The van der Waals surface area contributed by atoms with E-state index in [1.165, 1.54) is 5.56 Å². The number of methoxy groups -OCH3 is 2. The predicted molar refractivity (Wildman–Crippen MR) is 70.8 cm³/mol. The lowest BCUT2D eigenvalue weighted by atomic mass is 10.0. The number of nitrogens with one attached hydrogen (secondary N) is 1. The third-order valence-corrected chi connectivity index (χ3v) is 3.10. The van der Waals surface area contributed by atoms with E-state index in [9.17, 15) is 0 Å². The van der Waals surface area contributed by atoms with Crippen molar-refractivity contribution in [2.24, 2.45) is 0 Å². The van der Waals surface area contributed by atoms with Crippen LogP contribution >= 0.6 is 0 Å². The van der Waals surface area contributed by atoms with Gasteiger partial charge in [-0.2, -0.15) is 0 Å². The summed E-state index contributed by atoms with van der Waals surface area (Å²) in [6.45, 7) is 7.42. The molecule has 0 bridgehead atoms. The first-order valence-corrected chi connectivity index (χ1v) is 5.98. The highest BCUT2D eigenvalue weighted by Gasteiger charge is 2.14. The average molecular weight is 237 g/mol. The molecule has 0 aliphatic rings. The zero-order valence-corrected chi connectivity index (χ0v) is 11.5. The molecule has 0 amide bonds. The van der Waals surface area contributed by atoms with E-state index in [0.29, 0.717) is 0 Å². The third-order valence-electron chi connectivity index (χ3n) is 3.10. The summed E-state index contributed by atoms with van der Waals surface area (Å²) in [7, 11) is 3.31. The minimum atomic E-state index is 0.160. The highest BCUT2D eigenvalue weighted by molar-refractivity contribution is 5.42. The number of ether oxygens (including phenoxy) is 2. The van der Waals surface area contributed by atoms with Gasteiger partial charge in [-0.05, 0) is 38.0 Å². The van der Waals surface area contributed by atoms with Crippen LogP contribution in [0, 0.1) is 0 Å². The van der Waals surface area contributed by atoms with Gasteiger partial charge < -0.3 is 14.8 Å². The molecule has 3 nitrogen and oxygen atoms in total. The molecule has 1 N–H and O–H groups in total. The van der Waals surface area contributed by atoms with Gasteiger partial charge in [0.05, 0.1) is 14.2 Å². The van der Waals surface area contributed by atoms with Gasteiger partial charge in [0.1, 0.15) is 0 Å². The second-order valence-corrected chi connectivity index (χ2v) is 4.78. The predicted octanol–water partition coefficient (Wildman–Crippen LogP) is 2.98. The van der Waals surface area contributed by atoms with E-state index in [0.717, 1.165) is 24.5 Å². The SMILES string of the molecule is CCC(C)(C)NCc1ccc(OC)c(OC)c1. The van der Waals surface area contributed by atoms with Crippen LogP contribution in [0.2, 0.25) is 0 Å². The van der Waals surface area contributed by atoms with E-state index in [1.54, 1.807) is 14.2 Å². The zero-order valence-electron chi connectivity index (χ0n) is 11.5. The summed E-state index contributed by atoms with van der Waals surface area (Å²) < 4.78 is 10.5. The van der Waals surface area contributed by atoms with E-state index in [1.807, 2.05) is 12.1 Å². The molecule has 0 spiro atoms. The maximum atomic E-state index is 5.28. The van der Waals surface area contributed by atoms with Crippen molar-refractivity contribution in [3.8, 4) is 11.5 Å². The fourth-order valence-electron chi connectivity index (χ4n) is 1.46. The van der Waals surface area contributed by atoms with Gasteiger partial charge in [0.15, 0.2) is 11.5 Å². The Bertz CT molecular complexity index is 361. The Balaban J connectivity index is 2.73. The summed E-state index contributed by atoms with van der Waals surface area (Å²) in [5.74, 6) is 1.55. The molecule has 0 aliphatic carbocycles. The van der Waals surface area contributed by atoms with E-state index < -0.39 is 0 Å². The van der Waals surface area contributed by atoms with Crippen LogP contribution in [-0.4, -0.2) is 19.8 Å². The van der Waals surface area contributed by atoms with E-state index in [2.05, 4.69) is 32.2 Å². The normalized spacial score (nSPS) is 11.4. The first-order chi connectivity index (χ1) is 8.02. The van der Waals surface area contributed by atoms with Gasteiger partial charge in [0, 0.05) is 12.1 Å². The van der Waals surface area contributed by atoms with E-state index in [-0.39, 0.29) is 5.54 Å². The summed E-state index contributed by atoms with van der Waals surface area (Å²) >= 11 is 0. The maximum Gasteiger partial charge on any atom is 0.161 e. The molecule has 1 aromatic rings. The Morgan fingerprint density at radius 2 is 1.76 bits per heavy atom. The molecule has 3 heteroatoms. The summed E-state index contributed by atoms with van der Waals surface area (Å²) in [5, 5.41) is 3.52. The minimum absolute atomic E-state index is 0.160. The van der Waals surface area contributed by atoms with Gasteiger partial charge >= 0.3 is 0 Å². The van der Waals surface area contributed by atoms with Gasteiger partial charge in [-0.3, -0.25) is 0 Å². The van der Waals surface area contributed by atoms with Crippen LogP contribution in [0.3, 0.4) is 0 Å². The molecule has 0 radical (unpaired) electrons. The van der Waals surface area contributed by atoms with Crippen LogP contribution < -0.4 is 14.8 Å². The van der Waals surface area contributed by atoms with Crippen LogP contribution in [0.5, 0.6) is 11.5 Å². The molecule has 0 saturated heterocycles. The highest BCUT2D eigenvalue weighted by atomic mass is 16.5. The van der Waals surface area contributed by atoms with Crippen molar-refractivity contribution in [1.82, 2.24) is 5.32 Å². The molecule has 96 valence electrons. The van der Waals surface area contributed by atoms with Crippen LogP contribution in [0.1, 0.15) is 32.8 Å². The lowest BCUT2D eigenvalue weighted by Gasteiger charge is -2.24. The smallest absolute Gasteiger partial charge is 0.161 e. The second kappa shape index (κ2) is 5.92. The van der Waals surface area contributed by atoms with Crippen molar-refractivity contribution < 1.29 is 9.47 Å². The van der Waals surface area contributed by atoms with E-state index in [4.69, 9.17) is 9.47 Å². The molecule has 17 heavy (non-hydrogen) atoms. The molecule has 0 heterocycles. The Hall–Kier alpha value is -1.22. The van der Waals surface area contributed by atoms with Crippen molar-refractivity contribution in [3.63, 3.8) is 0 Å². The second-order valence-electron chi connectivity index (χ2n) is 4.78. The molecule has 0 saturated carbocycles. The van der Waals surface area contributed by atoms with Gasteiger partial charge in [-0.25, -0.2) is 0 Å². The van der Waals surface area contributed by atoms with Crippen LogP contribution in [-0.2, 0) is 6.54 Å². The summed E-state index contributed by atoms with van der Waals surface area (Å²) in [6.07, 6.45) is 1.10. The van der Waals surface area contributed by atoms with Gasteiger partial charge in [0.25, 0.3) is 0 Å². The maximum absolute atomic E-state index is 5.28. The van der Waals surface area contributed by atoms with Crippen LogP contribution in [0.25, 0.3) is 0 Å². The number of hydrogen-bond donors (Lipinski definition) is 1. The third kappa shape index (κ3) is 3.93. The van der Waals surface area contributed by atoms with Crippen molar-refractivity contribution in [2.75, 3.05) is 14.2 Å². The molecule has 1 aromatic carbocycles. The lowest BCUT2D eigenvalue weighted by Crippen LogP contribution is -2.37. The quantitative estimate of drug-likeness (QED) is 0.825. The molecule has 0 atom stereocenters. The summed E-state index contributed by atoms with van der Waals surface area (Å²) in [5.41, 5.74) is 1.36. The fourth-order valence-corrected chi connectivity index (χ4v) is 1.46. The minimum Gasteiger partial charge on any atom is -0.493 e. The first-order valence-electron chi connectivity index (χ1n) is 5.98.